The van der Waals surface area contributed by atoms with Gasteiger partial charge in [-0.05, 0) is 24.3 Å². The maximum atomic E-state index is 13.3. The van der Waals surface area contributed by atoms with E-state index in [4.69, 9.17) is 0 Å². The van der Waals surface area contributed by atoms with Crippen LogP contribution < -0.4 is 5.32 Å². The van der Waals surface area contributed by atoms with Gasteiger partial charge in [0.2, 0.25) is 0 Å². The third kappa shape index (κ3) is 3.13. The third-order valence-electron chi connectivity index (χ3n) is 2.57. The normalized spacial score (nSPS) is 10.3. The number of rotatable bonds is 3. The molecule has 2 aromatic rings. The highest BCUT2D eigenvalue weighted by atomic mass is 19.1. The number of hydrogen-bond acceptors (Lipinski definition) is 1. The smallest absolute Gasteiger partial charge is 0.254 e. The Kier molecular flexibility index (Phi) is 3.85. The summed E-state index contributed by atoms with van der Waals surface area (Å²) in [4.78, 5) is 11.7. The van der Waals surface area contributed by atoms with Gasteiger partial charge in [0.25, 0.3) is 5.91 Å². The summed E-state index contributed by atoms with van der Waals surface area (Å²) in [6, 6.07) is 8.48. The van der Waals surface area contributed by atoms with Gasteiger partial charge in [-0.25, -0.2) is 13.2 Å². The molecule has 0 aliphatic carbocycles. The fourth-order valence-corrected chi connectivity index (χ4v) is 1.58. The minimum absolute atomic E-state index is 0.0958. The predicted octanol–water partition coefficient (Wildman–Crippen LogP) is 3.03. The summed E-state index contributed by atoms with van der Waals surface area (Å²) in [5, 5.41) is 2.34. The Morgan fingerprint density at radius 3 is 2.47 bits per heavy atom. The van der Waals surface area contributed by atoms with E-state index in [-0.39, 0.29) is 12.1 Å². The fraction of sp³-hybridized carbons (Fsp3) is 0.0714. The zero-order valence-electron chi connectivity index (χ0n) is 9.79. The van der Waals surface area contributed by atoms with Gasteiger partial charge in [0.05, 0.1) is 5.56 Å². The van der Waals surface area contributed by atoms with E-state index < -0.39 is 28.9 Å². The Hall–Kier alpha value is -2.30. The summed E-state index contributed by atoms with van der Waals surface area (Å²) in [5.74, 6) is -2.80. The monoisotopic (exact) mass is 265 g/mol. The van der Waals surface area contributed by atoms with Gasteiger partial charge in [0, 0.05) is 12.1 Å². The van der Waals surface area contributed by atoms with Crippen molar-refractivity contribution < 1.29 is 18.0 Å². The van der Waals surface area contributed by atoms with Crippen LogP contribution in [0.25, 0.3) is 0 Å². The van der Waals surface area contributed by atoms with E-state index in [1.54, 1.807) is 6.07 Å². The molecule has 0 aromatic heterocycles. The zero-order chi connectivity index (χ0) is 13.8. The largest absolute Gasteiger partial charge is 0.348 e. The van der Waals surface area contributed by atoms with E-state index >= 15 is 0 Å². The van der Waals surface area contributed by atoms with Crippen LogP contribution in [0.3, 0.4) is 0 Å². The maximum absolute atomic E-state index is 13.3. The first-order valence-electron chi connectivity index (χ1n) is 5.54. The average Bonchev–Trinajstić information content (AvgIpc) is 2.40. The zero-order valence-corrected chi connectivity index (χ0v) is 9.79. The van der Waals surface area contributed by atoms with Crippen LogP contribution in [-0.4, -0.2) is 5.91 Å². The molecule has 5 heteroatoms. The number of benzene rings is 2. The molecule has 0 spiro atoms. The van der Waals surface area contributed by atoms with Crippen molar-refractivity contribution in [3.63, 3.8) is 0 Å². The van der Waals surface area contributed by atoms with Gasteiger partial charge in [-0.3, -0.25) is 4.79 Å². The summed E-state index contributed by atoms with van der Waals surface area (Å²) in [6.45, 7) is -0.0958. The molecule has 0 saturated carbocycles. The van der Waals surface area contributed by atoms with E-state index in [1.165, 1.54) is 18.2 Å². The SMILES string of the molecule is O=C(NCc1ccccc1F)c1cc(F)ccc1F. The van der Waals surface area contributed by atoms with Gasteiger partial charge in [-0.15, -0.1) is 0 Å². The van der Waals surface area contributed by atoms with Crippen LogP contribution in [0.4, 0.5) is 13.2 Å². The summed E-state index contributed by atoms with van der Waals surface area (Å²) in [7, 11) is 0. The average molecular weight is 265 g/mol. The molecule has 1 amide bonds. The second-order valence-electron chi connectivity index (χ2n) is 3.90. The molecule has 0 heterocycles. The van der Waals surface area contributed by atoms with Crippen molar-refractivity contribution in [3.05, 3.63) is 71.0 Å². The van der Waals surface area contributed by atoms with Gasteiger partial charge in [-0.1, -0.05) is 18.2 Å². The summed E-state index contributed by atoms with van der Waals surface area (Å²) >= 11 is 0. The Labute approximate surface area is 107 Å². The van der Waals surface area contributed by atoms with E-state index in [2.05, 4.69) is 5.32 Å². The summed E-state index contributed by atoms with van der Waals surface area (Å²) in [6.07, 6.45) is 0. The minimum Gasteiger partial charge on any atom is -0.348 e. The Balaban J connectivity index is 2.10. The lowest BCUT2D eigenvalue weighted by Gasteiger charge is -2.07. The van der Waals surface area contributed by atoms with Gasteiger partial charge < -0.3 is 5.32 Å². The van der Waals surface area contributed by atoms with Crippen LogP contribution in [0.1, 0.15) is 15.9 Å². The first-order valence-corrected chi connectivity index (χ1v) is 5.54. The highest BCUT2D eigenvalue weighted by Crippen LogP contribution is 2.10. The van der Waals surface area contributed by atoms with E-state index in [9.17, 15) is 18.0 Å². The fourth-order valence-electron chi connectivity index (χ4n) is 1.58. The lowest BCUT2D eigenvalue weighted by atomic mass is 10.1. The topological polar surface area (TPSA) is 29.1 Å². The minimum atomic E-state index is -0.826. The van der Waals surface area contributed by atoms with Gasteiger partial charge in [0.1, 0.15) is 17.5 Å². The van der Waals surface area contributed by atoms with Crippen LogP contribution >= 0.6 is 0 Å². The molecule has 2 rings (SSSR count). The van der Waals surface area contributed by atoms with Crippen molar-refractivity contribution in [1.82, 2.24) is 5.32 Å². The number of halogens is 3. The number of carbonyl (C=O) groups is 1. The molecule has 0 aliphatic heterocycles. The second-order valence-corrected chi connectivity index (χ2v) is 3.90. The molecule has 1 N–H and O–H groups in total. The molecule has 0 unspecified atom stereocenters. The lowest BCUT2D eigenvalue weighted by molar-refractivity contribution is 0.0946. The molecule has 0 saturated heterocycles. The Morgan fingerprint density at radius 2 is 1.74 bits per heavy atom. The van der Waals surface area contributed by atoms with E-state index in [0.717, 1.165) is 18.2 Å². The van der Waals surface area contributed by atoms with Crippen molar-refractivity contribution in [2.75, 3.05) is 0 Å². The van der Waals surface area contributed by atoms with Crippen LogP contribution in [0.15, 0.2) is 42.5 Å². The molecular formula is C14H10F3NO. The van der Waals surface area contributed by atoms with Crippen molar-refractivity contribution >= 4 is 5.91 Å². The van der Waals surface area contributed by atoms with Crippen molar-refractivity contribution in [2.24, 2.45) is 0 Å². The molecule has 19 heavy (non-hydrogen) atoms. The van der Waals surface area contributed by atoms with E-state index in [0.29, 0.717) is 0 Å². The summed E-state index contributed by atoms with van der Waals surface area (Å²) < 4.78 is 39.6. The quantitative estimate of drug-likeness (QED) is 0.908. The van der Waals surface area contributed by atoms with Gasteiger partial charge in [0.15, 0.2) is 0 Å². The van der Waals surface area contributed by atoms with E-state index in [1.807, 2.05) is 0 Å². The molecule has 0 bridgehead atoms. The standard InChI is InChI=1S/C14H10F3NO/c15-10-5-6-13(17)11(7-10)14(19)18-8-9-3-1-2-4-12(9)16/h1-7H,8H2,(H,18,19). The molecule has 0 aliphatic rings. The highest BCUT2D eigenvalue weighted by molar-refractivity contribution is 5.94. The lowest BCUT2D eigenvalue weighted by Crippen LogP contribution is -2.24. The molecule has 0 fully saturated rings. The van der Waals surface area contributed by atoms with Crippen molar-refractivity contribution in [3.8, 4) is 0 Å². The molecule has 2 nitrogen and oxygen atoms in total. The Morgan fingerprint density at radius 1 is 1.00 bits per heavy atom. The summed E-state index contributed by atoms with van der Waals surface area (Å²) in [5.41, 5.74) is -0.135. The van der Waals surface area contributed by atoms with Crippen LogP contribution in [0, 0.1) is 17.5 Å². The number of carbonyl (C=O) groups excluding carboxylic acids is 1. The second kappa shape index (κ2) is 5.56. The highest BCUT2D eigenvalue weighted by Gasteiger charge is 2.13. The van der Waals surface area contributed by atoms with Crippen LogP contribution in [-0.2, 0) is 6.54 Å². The predicted molar refractivity (Wildman–Crippen MR) is 63.9 cm³/mol. The first-order chi connectivity index (χ1) is 9.08. The maximum Gasteiger partial charge on any atom is 0.254 e. The molecule has 0 atom stereocenters. The molecular weight excluding hydrogens is 255 g/mol. The van der Waals surface area contributed by atoms with Crippen molar-refractivity contribution in [1.29, 1.82) is 0 Å². The first kappa shape index (κ1) is 13.1. The Bertz CT molecular complexity index is 613. The molecule has 2 aromatic carbocycles. The van der Waals surface area contributed by atoms with Crippen molar-refractivity contribution in [2.45, 2.75) is 6.54 Å². The molecule has 0 radical (unpaired) electrons. The number of nitrogens with one attached hydrogen (secondary N) is 1. The van der Waals surface area contributed by atoms with Gasteiger partial charge in [-0.2, -0.15) is 0 Å². The van der Waals surface area contributed by atoms with Crippen LogP contribution in [0.5, 0.6) is 0 Å². The number of amides is 1. The third-order valence-corrected chi connectivity index (χ3v) is 2.57. The number of hydrogen-bond donors (Lipinski definition) is 1. The van der Waals surface area contributed by atoms with Gasteiger partial charge >= 0.3 is 0 Å². The molecule has 98 valence electrons. The van der Waals surface area contributed by atoms with Crippen LogP contribution in [0.2, 0.25) is 0 Å².